The fourth-order valence-electron chi connectivity index (χ4n) is 3.54. The minimum atomic E-state index is -4.66. The van der Waals surface area contributed by atoms with E-state index in [0.29, 0.717) is 12.1 Å². The summed E-state index contributed by atoms with van der Waals surface area (Å²) >= 11 is 0. The molecule has 1 saturated heterocycles. The molecule has 0 radical (unpaired) electrons. The molecule has 5 nitrogen and oxygen atoms in total. The van der Waals surface area contributed by atoms with Gasteiger partial charge in [0, 0.05) is 31.0 Å². The predicted octanol–water partition coefficient (Wildman–Crippen LogP) is 3.78. The number of halogens is 2. The maximum Gasteiger partial charge on any atom is 0.341 e. The lowest BCUT2D eigenvalue weighted by Crippen LogP contribution is -2.35. The summed E-state index contributed by atoms with van der Waals surface area (Å²) in [7, 11) is -2.73. The van der Waals surface area contributed by atoms with Crippen molar-refractivity contribution in [2.75, 3.05) is 6.54 Å². The van der Waals surface area contributed by atoms with Crippen LogP contribution in [0.1, 0.15) is 47.8 Å². The molecule has 0 N–H and O–H groups in total. The van der Waals surface area contributed by atoms with E-state index in [1.165, 1.54) is 12.1 Å². The highest BCUT2D eigenvalue weighted by Crippen LogP contribution is 2.31. The van der Waals surface area contributed by atoms with Crippen molar-refractivity contribution in [3.8, 4) is 0 Å². The Kier molecular flexibility index (Phi) is 5.64. The summed E-state index contributed by atoms with van der Waals surface area (Å²) in [5.74, 6) is -3.70. The minimum absolute atomic E-state index is 0.0653. The number of nitrogens with zero attached hydrogens (tertiary/aromatic N) is 2. The van der Waals surface area contributed by atoms with Crippen molar-refractivity contribution in [2.24, 2.45) is 7.05 Å². The molecule has 1 aliphatic rings. The van der Waals surface area contributed by atoms with E-state index >= 15 is 0 Å². The first-order valence-electron chi connectivity index (χ1n) is 8.86. The quantitative estimate of drug-likeness (QED) is 0.790. The van der Waals surface area contributed by atoms with Gasteiger partial charge in [0.05, 0.1) is 10.9 Å². The molecule has 2 heterocycles. The summed E-state index contributed by atoms with van der Waals surface area (Å²) in [6.07, 6.45) is 5.74. The van der Waals surface area contributed by atoms with E-state index in [0.717, 1.165) is 43.5 Å². The summed E-state index contributed by atoms with van der Waals surface area (Å²) in [4.78, 5) is 14.4. The van der Waals surface area contributed by atoms with Gasteiger partial charge in [0.1, 0.15) is 0 Å². The van der Waals surface area contributed by atoms with Gasteiger partial charge in [0.2, 0.25) is 9.84 Å². The topological polar surface area (TPSA) is 59.4 Å². The van der Waals surface area contributed by atoms with Gasteiger partial charge in [-0.2, -0.15) is 8.78 Å². The monoisotopic (exact) mass is 396 g/mol. The summed E-state index contributed by atoms with van der Waals surface area (Å²) < 4.78 is 50.5. The van der Waals surface area contributed by atoms with Crippen LogP contribution in [0.2, 0.25) is 0 Å². The highest BCUT2D eigenvalue weighted by molar-refractivity contribution is 7.91. The Hall–Kier alpha value is -2.22. The largest absolute Gasteiger partial charge is 0.353 e. The maximum atomic E-state index is 13.1. The van der Waals surface area contributed by atoms with E-state index in [4.69, 9.17) is 0 Å². The first-order chi connectivity index (χ1) is 12.8. The van der Waals surface area contributed by atoms with Crippen molar-refractivity contribution in [3.05, 3.63) is 53.9 Å². The molecule has 0 aliphatic carbocycles. The second-order valence-corrected chi connectivity index (χ2v) is 8.66. The number of aryl methyl sites for hydroxylation is 1. The van der Waals surface area contributed by atoms with Gasteiger partial charge < -0.3 is 9.47 Å². The van der Waals surface area contributed by atoms with Crippen molar-refractivity contribution >= 4 is 15.7 Å². The first kappa shape index (κ1) is 19.5. The molecule has 1 fully saturated rings. The first-order valence-corrected chi connectivity index (χ1v) is 10.4. The molecule has 27 heavy (non-hydrogen) atoms. The van der Waals surface area contributed by atoms with Crippen LogP contribution in [0.3, 0.4) is 0 Å². The van der Waals surface area contributed by atoms with E-state index in [1.807, 2.05) is 29.9 Å². The molecule has 1 aliphatic heterocycles. The van der Waals surface area contributed by atoms with Crippen LogP contribution in [0.4, 0.5) is 8.78 Å². The third kappa shape index (κ3) is 3.90. The van der Waals surface area contributed by atoms with Crippen LogP contribution >= 0.6 is 0 Å². The SMILES string of the molecule is Cn1cccc1C1CCCCCN1C(=O)c1ccc(S(=O)(=O)C(F)F)cc1. The van der Waals surface area contributed by atoms with Crippen LogP contribution in [-0.4, -0.2) is 36.1 Å². The smallest absolute Gasteiger partial charge is 0.341 e. The third-order valence-corrected chi connectivity index (χ3v) is 6.40. The number of benzene rings is 1. The molecule has 1 aromatic carbocycles. The van der Waals surface area contributed by atoms with Gasteiger partial charge in [0.25, 0.3) is 5.91 Å². The molecular weight excluding hydrogens is 374 g/mol. The second-order valence-electron chi connectivity index (χ2n) is 6.74. The highest BCUT2D eigenvalue weighted by atomic mass is 32.2. The van der Waals surface area contributed by atoms with Gasteiger partial charge in [-0.25, -0.2) is 8.42 Å². The Morgan fingerprint density at radius 2 is 1.81 bits per heavy atom. The Morgan fingerprint density at radius 1 is 1.11 bits per heavy atom. The summed E-state index contributed by atoms with van der Waals surface area (Å²) in [6, 6.07) is 8.63. The number of carbonyl (C=O) groups is 1. The Morgan fingerprint density at radius 3 is 2.41 bits per heavy atom. The van der Waals surface area contributed by atoms with Crippen LogP contribution in [0, 0.1) is 0 Å². The minimum Gasteiger partial charge on any atom is -0.353 e. The molecule has 0 bridgehead atoms. The van der Waals surface area contributed by atoms with Crippen LogP contribution < -0.4 is 0 Å². The molecule has 2 aromatic rings. The van der Waals surface area contributed by atoms with E-state index in [1.54, 1.807) is 4.90 Å². The van der Waals surface area contributed by atoms with E-state index in [2.05, 4.69) is 0 Å². The van der Waals surface area contributed by atoms with Crippen molar-refractivity contribution in [2.45, 2.75) is 42.4 Å². The number of rotatable bonds is 4. The number of aromatic nitrogens is 1. The Balaban J connectivity index is 1.89. The summed E-state index contributed by atoms with van der Waals surface area (Å²) in [6.45, 7) is 0.603. The zero-order chi connectivity index (χ0) is 19.6. The lowest BCUT2D eigenvalue weighted by Gasteiger charge is -2.30. The van der Waals surface area contributed by atoms with Crippen LogP contribution in [0.5, 0.6) is 0 Å². The number of carbonyl (C=O) groups excluding carboxylic acids is 1. The molecule has 1 amide bonds. The van der Waals surface area contributed by atoms with Gasteiger partial charge in [-0.1, -0.05) is 12.8 Å². The standard InChI is InChI=1S/C19H22F2N2O3S/c1-22-12-5-7-16(22)17-6-3-2-4-13-23(17)18(24)14-8-10-15(11-9-14)27(25,26)19(20)21/h5,7-12,17,19H,2-4,6,13H2,1H3. The van der Waals surface area contributed by atoms with Crippen molar-refractivity contribution in [1.29, 1.82) is 0 Å². The third-order valence-electron chi connectivity index (χ3n) is 5.00. The number of alkyl halides is 2. The summed E-state index contributed by atoms with van der Waals surface area (Å²) in [5.41, 5.74) is 1.34. The second kappa shape index (κ2) is 7.80. The zero-order valence-electron chi connectivity index (χ0n) is 15.0. The van der Waals surface area contributed by atoms with Gasteiger partial charge in [-0.05, 0) is 49.2 Å². The lowest BCUT2D eigenvalue weighted by molar-refractivity contribution is 0.0674. The Bertz CT molecular complexity index is 907. The number of hydrogen-bond donors (Lipinski definition) is 0. The van der Waals surface area contributed by atoms with Crippen LogP contribution in [0.15, 0.2) is 47.5 Å². The molecule has 0 spiro atoms. The molecule has 146 valence electrons. The van der Waals surface area contributed by atoms with Gasteiger partial charge in [0.15, 0.2) is 0 Å². The van der Waals surface area contributed by atoms with Crippen molar-refractivity contribution < 1.29 is 22.0 Å². The van der Waals surface area contributed by atoms with Crippen LogP contribution in [0.25, 0.3) is 0 Å². The molecule has 1 unspecified atom stereocenters. The summed E-state index contributed by atoms with van der Waals surface area (Å²) in [5, 5.41) is 0. The van der Waals surface area contributed by atoms with Gasteiger partial charge >= 0.3 is 5.76 Å². The van der Waals surface area contributed by atoms with Crippen molar-refractivity contribution in [3.63, 3.8) is 0 Å². The van der Waals surface area contributed by atoms with Crippen molar-refractivity contribution in [1.82, 2.24) is 9.47 Å². The highest BCUT2D eigenvalue weighted by Gasteiger charge is 2.30. The van der Waals surface area contributed by atoms with E-state index in [-0.39, 0.29) is 11.9 Å². The zero-order valence-corrected chi connectivity index (χ0v) is 15.8. The lowest BCUT2D eigenvalue weighted by atomic mass is 10.1. The fraction of sp³-hybridized carbons (Fsp3) is 0.421. The number of hydrogen-bond acceptors (Lipinski definition) is 3. The average molecular weight is 396 g/mol. The van der Waals surface area contributed by atoms with E-state index in [9.17, 15) is 22.0 Å². The molecule has 8 heteroatoms. The van der Waals surface area contributed by atoms with Gasteiger partial charge in [-0.15, -0.1) is 0 Å². The molecule has 3 rings (SSSR count). The van der Waals surface area contributed by atoms with E-state index < -0.39 is 20.5 Å². The number of sulfone groups is 1. The fourth-order valence-corrected chi connectivity index (χ4v) is 4.26. The Labute approximate surface area is 157 Å². The molecule has 1 aromatic heterocycles. The van der Waals surface area contributed by atoms with Gasteiger partial charge in [-0.3, -0.25) is 4.79 Å². The molecule has 1 atom stereocenters. The molecular formula is C19H22F2N2O3S. The average Bonchev–Trinajstić information content (AvgIpc) is 2.92. The number of likely N-dealkylation sites (tertiary alicyclic amines) is 1. The predicted molar refractivity (Wildman–Crippen MR) is 97.3 cm³/mol. The number of amides is 1. The maximum absolute atomic E-state index is 13.1. The van der Waals surface area contributed by atoms with Crippen LogP contribution in [-0.2, 0) is 16.9 Å². The molecule has 0 saturated carbocycles. The normalized spacial score (nSPS) is 18.5.